The molecule has 2 rings (SSSR count). The monoisotopic (exact) mass is 306 g/mol. The first-order valence-corrected chi connectivity index (χ1v) is 6.44. The lowest BCUT2D eigenvalue weighted by molar-refractivity contribution is 0.414. The molecule has 2 aromatic rings. The maximum atomic E-state index is 5.19. The predicted octanol–water partition coefficient (Wildman–Crippen LogP) is 4.21. The summed E-state index contributed by atoms with van der Waals surface area (Å²) in [7, 11) is 1.67. The molecule has 4 heteroatoms. The fourth-order valence-electron chi connectivity index (χ4n) is 1.66. The van der Waals surface area contributed by atoms with Crippen molar-refractivity contribution in [2.24, 2.45) is 0 Å². The maximum absolute atomic E-state index is 5.19. The largest absolute Gasteiger partial charge is 0.497 e. The third kappa shape index (κ3) is 2.64. The molecule has 0 aliphatic rings. The summed E-state index contributed by atoms with van der Waals surface area (Å²) in [6.45, 7) is 4.08. The van der Waals surface area contributed by atoms with Crippen LogP contribution in [-0.2, 0) is 0 Å². The summed E-state index contributed by atoms with van der Waals surface area (Å²) in [6, 6.07) is 7.88. The summed E-state index contributed by atoms with van der Waals surface area (Å²) in [5, 5.41) is 3.32. The summed E-state index contributed by atoms with van der Waals surface area (Å²) in [5.41, 5.74) is 3.29. The third-order valence-electron chi connectivity index (χ3n) is 2.77. The van der Waals surface area contributed by atoms with Crippen LogP contribution in [0, 0.1) is 13.8 Å². The van der Waals surface area contributed by atoms with Crippen LogP contribution >= 0.6 is 15.9 Å². The van der Waals surface area contributed by atoms with Crippen molar-refractivity contribution >= 4 is 27.4 Å². The van der Waals surface area contributed by atoms with Gasteiger partial charge in [0.2, 0.25) is 0 Å². The molecule has 0 atom stereocenters. The molecular weight excluding hydrogens is 292 g/mol. The molecule has 94 valence electrons. The Morgan fingerprint density at radius 2 is 1.94 bits per heavy atom. The number of aromatic nitrogens is 1. The lowest BCUT2D eigenvalue weighted by Crippen LogP contribution is -1.98. The Labute approximate surface area is 115 Å². The number of hydrogen-bond donors (Lipinski definition) is 1. The van der Waals surface area contributed by atoms with Crippen molar-refractivity contribution in [1.82, 2.24) is 4.98 Å². The SMILES string of the molecule is COc1ccc(Nc2nccc(C)c2Br)c(C)c1. The Kier molecular flexibility index (Phi) is 3.87. The van der Waals surface area contributed by atoms with E-state index in [-0.39, 0.29) is 0 Å². The molecule has 0 aliphatic carbocycles. The number of pyridine rings is 1. The van der Waals surface area contributed by atoms with Crippen molar-refractivity contribution in [3.8, 4) is 5.75 Å². The molecule has 1 aromatic heterocycles. The minimum absolute atomic E-state index is 0.822. The van der Waals surface area contributed by atoms with E-state index in [2.05, 4.69) is 26.2 Å². The second-order valence-corrected chi connectivity index (χ2v) is 4.89. The van der Waals surface area contributed by atoms with Gasteiger partial charge >= 0.3 is 0 Å². The predicted molar refractivity (Wildman–Crippen MR) is 77.7 cm³/mol. The number of halogens is 1. The van der Waals surface area contributed by atoms with Crippen LogP contribution in [-0.4, -0.2) is 12.1 Å². The molecule has 0 aliphatic heterocycles. The average molecular weight is 307 g/mol. The summed E-state index contributed by atoms with van der Waals surface area (Å²) in [6.07, 6.45) is 1.79. The number of nitrogens with zero attached hydrogens (tertiary/aromatic N) is 1. The summed E-state index contributed by atoms with van der Waals surface area (Å²) in [5.74, 6) is 1.68. The highest BCUT2D eigenvalue weighted by molar-refractivity contribution is 9.10. The van der Waals surface area contributed by atoms with Gasteiger partial charge in [0.1, 0.15) is 11.6 Å². The van der Waals surface area contributed by atoms with E-state index in [9.17, 15) is 0 Å². The van der Waals surface area contributed by atoms with Gasteiger partial charge in [0.05, 0.1) is 11.6 Å². The molecule has 3 nitrogen and oxygen atoms in total. The number of aryl methyl sites for hydroxylation is 2. The van der Waals surface area contributed by atoms with Crippen LogP contribution in [0.25, 0.3) is 0 Å². The molecular formula is C14H15BrN2O. The molecule has 0 spiro atoms. The maximum Gasteiger partial charge on any atom is 0.144 e. The fraction of sp³-hybridized carbons (Fsp3) is 0.214. The van der Waals surface area contributed by atoms with E-state index in [0.717, 1.165) is 32.9 Å². The number of methoxy groups -OCH3 is 1. The molecule has 0 unspecified atom stereocenters. The smallest absolute Gasteiger partial charge is 0.144 e. The van der Waals surface area contributed by atoms with E-state index in [1.807, 2.05) is 38.1 Å². The highest BCUT2D eigenvalue weighted by atomic mass is 79.9. The van der Waals surface area contributed by atoms with Crippen LogP contribution in [0.5, 0.6) is 5.75 Å². The number of anilines is 2. The molecule has 0 radical (unpaired) electrons. The van der Waals surface area contributed by atoms with Crippen molar-refractivity contribution in [3.63, 3.8) is 0 Å². The van der Waals surface area contributed by atoms with E-state index in [1.54, 1.807) is 13.3 Å². The van der Waals surface area contributed by atoms with Crippen LogP contribution in [0.1, 0.15) is 11.1 Å². The zero-order chi connectivity index (χ0) is 13.1. The highest BCUT2D eigenvalue weighted by Crippen LogP contribution is 2.29. The van der Waals surface area contributed by atoms with Gasteiger partial charge in [-0.25, -0.2) is 4.98 Å². The Balaban J connectivity index is 2.31. The van der Waals surface area contributed by atoms with Crippen LogP contribution < -0.4 is 10.1 Å². The zero-order valence-corrected chi connectivity index (χ0v) is 12.2. The minimum Gasteiger partial charge on any atom is -0.497 e. The summed E-state index contributed by atoms with van der Waals surface area (Å²) < 4.78 is 6.18. The first-order valence-electron chi connectivity index (χ1n) is 5.64. The van der Waals surface area contributed by atoms with Gasteiger partial charge in [-0.05, 0) is 65.2 Å². The van der Waals surface area contributed by atoms with Crippen molar-refractivity contribution in [1.29, 1.82) is 0 Å². The Bertz CT molecular complexity index is 570. The number of nitrogens with one attached hydrogen (secondary N) is 1. The molecule has 0 fully saturated rings. The highest BCUT2D eigenvalue weighted by Gasteiger charge is 2.06. The number of rotatable bonds is 3. The average Bonchev–Trinajstić information content (AvgIpc) is 2.37. The fourth-order valence-corrected chi connectivity index (χ4v) is 1.99. The topological polar surface area (TPSA) is 34.1 Å². The summed E-state index contributed by atoms with van der Waals surface area (Å²) >= 11 is 3.54. The van der Waals surface area contributed by atoms with Crippen molar-refractivity contribution in [2.75, 3.05) is 12.4 Å². The van der Waals surface area contributed by atoms with E-state index in [1.165, 1.54) is 0 Å². The van der Waals surface area contributed by atoms with Crippen molar-refractivity contribution in [3.05, 3.63) is 46.1 Å². The molecule has 18 heavy (non-hydrogen) atoms. The molecule has 0 saturated carbocycles. The molecule has 0 bridgehead atoms. The quantitative estimate of drug-likeness (QED) is 0.922. The minimum atomic E-state index is 0.822. The van der Waals surface area contributed by atoms with Gasteiger partial charge < -0.3 is 10.1 Å². The Morgan fingerprint density at radius 3 is 2.61 bits per heavy atom. The molecule has 1 heterocycles. The van der Waals surface area contributed by atoms with Crippen LogP contribution in [0.15, 0.2) is 34.9 Å². The Hall–Kier alpha value is -1.55. The van der Waals surface area contributed by atoms with Crippen LogP contribution in [0.4, 0.5) is 11.5 Å². The molecule has 0 saturated heterocycles. The normalized spacial score (nSPS) is 10.2. The standard InChI is InChI=1S/C14H15BrN2O/c1-9-6-7-16-14(13(9)15)17-12-5-4-11(18-3)8-10(12)2/h4-8H,1-3H3,(H,16,17). The molecule has 1 N–H and O–H groups in total. The number of benzene rings is 1. The zero-order valence-electron chi connectivity index (χ0n) is 10.6. The number of hydrogen-bond acceptors (Lipinski definition) is 3. The van der Waals surface area contributed by atoms with Gasteiger partial charge in [-0.2, -0.15) is 0 Å². The van der Waals surface area contributed by atoms with Gasteiger partial charge in [0.25, 0.3) is 0 Å². The lowest BCUT2D eigenvalue weighted by Gasteiger charge is -2.12. The Morgan fingerprint density at radius 1 is 1.17 bits per heavy atom. The molecule has 1 aromatic carbocycles. The number of ether oxygens (including phenoxy) is 1. The van der Waals surface area contributed by atoms with E-state index in [0.29, 0.717) is 0 Å². The van der Waals surface area contributed by atoms with Crippen molar-refractivity contribution < 1.29 is 4.74 Å². The van der Waals surface area contributed by atoms with Gasteiger partial charge in [0.15, 0.2) is 0 Å². The van der Waals surface area contributed by atoms with Gasteiger partial charge in [-0.15, -0.1) is 0 Å². The van der Waals surface area contributed by atoms with Crippen LogP contribution in [0.3, 0.4) is 0 Å². The molecule has 0 amide bonds. The van der Waals surface area contributed by atoms with E-state index >= 15 is 0 Å². The van der Waals surface area contributed by atoms with E-state index in [4.69, 9.17) is 4.74 Å². The van der Waals surface area contributed by atoms with Gasteiger partial charge in [0, 0.05) is 11.9 Å². The van der Waals surface area contributed by atoms with Gasteiger partial charge in [-0.3, -0.25) is 0 Å². The first-order chi connectivity index (χ1) is 8.61. The second kappa shape index (κ2) is 5.40. The first kappa shape index (κ1) is 12.9. The lowest BCUT2D eigenvalue weighted by atomic mass is 10.2. The van der Waals surface area contributed by atoms with Crippen molar-refractivity contribution in [2.45, 2.75) is 13.8 Å². The second-order valence-electron chi connectivity index (χ2n) is 4.10. The van der Waals surface area contributed by atoms with Crippen LogP contribution in [0.2, 0.25) is 0 Å². The van der Waals surface area contributed by atoms with Gasteiger partial charge in [-0.1, -0.05) is 0 Å². The summed E-state index contributed by atoms with van der Waals surface area (Å²) in [4.78, 5) is 4.33. The third-order valence-corrected chi connectivity index (χ3v) is 3.77. The van der Waals surface area contributed by atoms with E-state index < -0.39 is 0 Å².